The molecule has 2 nitrogen and oxygen atoms in total. The minimum Gasteiger partial charge on any atom is -0.457 e. The van der Waals surface area contributed by atoms with Crippen LogP contribution in [0, 0.1) is 5.92 Å². The quantitative estimate of drug-likeness (QED) is 0.528. The molecule has 2 heteroatoms. The molecule has 1 rings (SSSR count). The Balaban J connectivity index is 2.17. The summed E-state index contributed by atoms with van der Waals surface area (Å²) in [6.45, 7) is 6.69. The lowest BCUT2D eigenvalue weighted by Crippen LogP contribution is -2.31. The molecule has 0 aromatic heterocycles. The van der Waals surface area contributed by atoms with Crippen molar-refractivity contribution in [2.24, 2.45) is 5.92 Å². The maximum Gasteiger partial charge on any atom is 0.250 e. The molecule has 1 aliphatic rings. The SMILES string of the molecule is CCCCCCCCC1(CC(C)C)OC=CO1. The lowest BCUT2D eigenvalue weighted by atomic mass is 9.96. The van der Waals surface area contributed by atoms with E-state index in [2.05, 4.69) is 20.8 Å². The average molecular weight is 240 g/mol. The van der Waals surface area contributed by atoms with E-state index in [1.165, 1.54) is 38.5 Å². The molecule has 0 unspecified atom stereocenters. The molecule has 100 valence electrons. The Bertz CT molecular complexity index is 213. The molecule has 0 amide bonds. The van der Waals surface area contributed by atoms with Crippen LogP contribution in [0.3, 0.4) is 0 Å². The Hall–Kier alpha value is -0.660. The Labute approximate surface area is 106 Å². The summed E-state index contributed by atoms with van der Waals surface area (Å²) in [5, 5.41) is 0. The molecule has 0 spiro atoms. The molecule has 0 fully saturated rings. The Morgan fingerprint density at radius 3 is 2.12 bits per heavy atom. The fourth-order valence-electron chi connectivity index (χ4n) is 2.44. The van der Waals surface area contributed by atoms with Crippen LogP contribution in [0.2, 0.25) is 0 Å². The van der Waals surface area contributed by atoms with Crippen LogP contribution in [0.25, 0.3) is 0 Å². The van der Waals surface area contributed by atoms with E-state index in [1.54, 1.807) is 12.5 Å². The fourth-order valence-corrected chi connectivity index (χ4v) is 2.44. The summed E-state index contributed by atoms with van der Waals surface area (Å²) >= 11 is 0. The van der Waals surface area contributed by atoms with Crippen molar-refractivity contribution in [1.82, 2.24) is 0 Å². The van der Waals surface area contributed by atoms with Gasteiger partial charge in [-0.15, -0.1) is 0 Å². The molecule has 0 atom stereocenters. The summed E-state index contributed by atoms with van der Waals surface area (Å²) in [4.78, 5) is 0. The van der Waals surface area contributed by atoms with Crippen molar-refractivity contribution in [3.63, 3.8) is 0 Å². The standard InChI is InChI=1S/C15H28O2/c1-4-5-6-7-8-9-10-15(13-14(2)3)16-11-12-17-15/h11-12,14H,4-10,13H2,1-3H3. The summed E-state index contributed by atoms with van der Waals surface area (Å²) in [6.07, 6.45) is 13.3. The van der Waals surface area contributed by atoms with Crippen molar-refractivity contribution < 1.29 is 9.47 Å². The zero-order valence-electron chi connectivity index (χ0n) is 11.7. The molecule has 0 saturated heterocycles. The first-order valence-electron chi connectivity index (χ1n) is 7.19. The van der Waals surface area contributed by atoms with E-state index in [9.17, 15) is 0 Å². The van der Waals surface area contributed by atoms with E-state index >= 15 is 0 Å². The third kappa shape index (κ3) is 5.47. The fraction of sp³-hybridized carbons (Fsp3) is 0.867. The first-order valence-corrected chi connectivity index (χ1v) is 7.19. The van der Waals surface area contributed by atoms with Crippen molar-refractivity contribution >= 4 is 0 Å². The minimum absolute atomic E-state index is 0.348. The third-order valence-corrected chi connectivity index (χ3v) is 3.25. The lowest BCUT2D eigenvalue weighted by Gasteiger charge is -2.29. The van der Waals surface area contributed by atoms with Gasteiger partial charge < -0.3 is 9.47 Å². The van der Waals surface area contributed by atoms with Crippen molar-refractivity contribution in [2.75, 3.05) is 0 Å². The summed E-state index contributed by atoms with van der Waals surface area (Å²) in [5.41, 5.74) is 0. The van der Waals surface area contributed by atoms with Crippen molar-refractivity contribution in [2.45, 2.75) is 77.9 Å². The summed E-state index contributed by atoms with van der Waals surface area (Å²) < 4.78 is 11.4. The second kappa shape index (κ2) is 7.62. The molecule has 0 saturated carbocycles. The first kappa shape index (κ1) is 14.4. The smallest absolute Gasteiger partial charge is 0.250 e. The Morgan fingerprint density at radius 1 is 0.941 bits per heavy atom. The molecule has 0 aromatic rings. The second-order valence-electron chi connectivity index (χ2n) is 5.53. The lowest BCUT2D eigenvalue weighted by molar-refractivity contribution is -0.159. The zero-order chi connectivity index (χ0) is 12.6. The number of hydrogen-bond acceptors (Lipinski definition) is 2. The highest BCUT2D eigenvalue weighted by Crippen LogP contribution is 2.33. The van der Waals surface area contributed by atoms with E-state index < -0.39 is 0 Å². The third-order valence-electron chi connectivity index (χ3n) is 3.25. The van der Waals surface area contributed by atoms with Crippen LogP contribution in [0.15, 0.2) is 12.5 Å². The van der Waals surface area contributed by atoms with Gasteiger partial charge >= 0.3 is 0 Å². The van der Waals surface area contributed by atoms with Gasteiger partial charge in [0.15, 0.2) is 0 Å². The van der Waals surface area contributed by atoms with E-state index in [0.717, 1.165) is 12.8 Å². The van der Waals surface area contributed by atoms with Gasteiger partial charge in [-0.1, -0.05) is 52.9 Å². The molecular formula is C15H28O2. The average Bonchev–Trinajstić information content (AvgIpc) is 2.71. The number of hydrogen-bond donors (Lipinski definition) is 0. The van der Waals surface area contributed by atoms with Crippen molar-refractivity contribution in [3.05, 3.63) is 12.5 Å². The summed E-state index contributed by atoms with van der Waals surface area (Å²) in [7, 11) is 0. The van der Waals surface area contributed by atoms with Gasteiger partial charge in [0.2, 0.25) is 5.79 Å². The van der Waals surface area contributed by atoms with Gasteiger partial charge in [-0.25, -0.2) is 0 Å². The highest BCUT2D eigenvalue weighted by molar-refractivity contribution is 4.84. The van der Waals surface area contributed by atoms with Crippen LogP contribution in [0.4, 0.5) is 0 Å². The molecule has 0 N–H and O–H groups in total. The largest absolute Gasteiger partial charge is 0.457 e. The molecule has 0 bridgehead atoms. The number of ether oxygens (including phenoxy) is 2. The van der Waals surface area contributed by atoms with E-state index in [0.29, 0.717) is 5.92 Å². The topological polar surface area (TPSA) is 18.5 Å². The molecule has 1 aliphatic heterocycles. The van der Waals surface area contributed by atoms with Gasteiger partial charge in [-0.2, -0.15) is 0 Å². The minimum atomic E-state index is -0.348. The molecule has 1 heterocycles. The summed E-state index contributed by atoms with van der Waals surface area (Å²) in [6, 6.07) is 0. The molecule has 0 aromatic carbocycles. The predicted molar refractivity (Wildman–Crippen MR) is 71.5 cm³/mol. The molecule has 0 radical (unpaired) electrons. The maximum atomic E-state index is 5.68. The first-order chi connectivity index (χ1) is 8.18. The van der Waals surface area contributed by atoms with Crippen molar-refractivity contribution in [1.29, 1.82) is 0 Å². The van der Waals surface area contributed by atoms with Gasteiger partial charge in [0.05, 0.1) is 0 Å². The molecule has 17 heavy (non-hydrogen) atoms. The van der Waals surface area contributed by atoms with Gasteiger partial charge in [-0.3, -0.25) is 0 Å². The van der Waals surface area contributed by atoms with Crippen LogP contribution in [-0.4, -0.2) is 5.79 Å². The zero-order valence-corrected chi connectivity index (χ0v) is 11.7. The summed E-state index contributed by atoms with van der Waals surface area (Å²) in [5.74, 6) is 0.258. The van der Waals surface area contributed by atoms with Gasteiger partial charge in [-0.05, 0) is 12.3 Å². The van der Waals surface area contributed by atoms with Crippen LogP contribution in [-0.2, 0) is 9.47 Å². The monoisotopic (exact) mass is 240 g/mol. The highest BCUT2D eigenvalue weighted by atomic mass is 16.7. The van der Waals surface area contributed by atoms with Crippen LogP contribution < -0.4 is 0 Å². The van der Waals surface area contributed by atoms with Crippen LogP contribution >= 0.6 is 0 Å². The number of unbranched alkanes of at least 4 members (excludes halogenated alkanes) is 5. The number of rotatable bonds is 9. The van der Waals surface area contributed by atoms with Crippen LogP contribution in [0.5, 0.6) is 0 Å². The van der Waals surface area contributed by atoms with E-state index in [-0.39, 0.29) is 5.79 Å². The predicted octanol–water partition coefficient (Wildman–Crippen LogP) is 5.00. The molecule has 0 aliphatic carbocycles. The van der Waals surface area contributed by atoms with Gasteiger partial charge in [0, 0.05) is 12.8 Å². The van der Waals surface area contributed by atoms with Crippen molar-refractivity contribution in [3.8, 4) is 0 Å². The van der Waals surface area contributed by atoms with E-state index in [4.69, 9.17) is 9.47 Å². The Kier molecular flexibility index (Phi) is 6.46. The normalized spacial score (nSPS) is 17.2. The van der Waals surface area contributed by atoms with Crippen LogP contribution in [0.1, 0.15) is 72.1 Å². The molecular weight excluding hydrogens is 212 g/mol. The van der Waals surface area contributed by atoms with E-state index in [1.807, 2.05) is 0 Å². The Morgan fingerprint density at radius 2 is 1.53 bits per heavy atom. The van der Waals surface area contributed by atoms with Gasteiger partial charge in [0.25, 0.3) is 0 Å². The maximum absolute atomic E-state index is 5.68. The second-order valence-corrected chi connectivity index (χ2v) is 5.53. The highest BCUT2D eigenvalue weighted by Gasteiger charge is 2.35. The van der Waals surface area contributed by atoms with Gasteiger partial charge in [0.1, 0.15) is 12.5 Å².